The topological polar surface area (TPSA) is 55.4 Å². The van der Waals surface area contributed by atoms with Gasteiger partial charge in [-0.2, -0.15) is 0 Å². The summed E-state index contributed by atoms with van der Waals surface area (Å²) in [6.45, 7) is 11.0. The summed E-state index contributed by atoms with van der Waals surface area (Å²) in [6, 6.07) is 6.58. The molecular weight excluding hydrogens is 334 g/mol. The maximum absolute atomic E-state index is 12.4. The van der Waals surface area contributed by atoms with Gasteiger partial charge in [-0.15, -0.1) is 11.8 Å². The van der Waals surface area contributed by atoms with E-state index in [1.165, 1.54) is 22.9 Å². The van der Waals surface area contributed by atoms with E-state index in [0.717, 1.165) is 24.2 Å². The summed E-state index contributed by atoms with van der Waals surface area (Å²) in [4.78, 5) is 24.8. The minimum atomic E-state index is -0.644. The Balaban J connectivity index is 2.07. The van der Waals surface area contributed by atoms with Crippen LogP contribution in [0.15, 0.2) is 23.1 Å². The molecule has 1 aromatic carbocycles. The van der Waals surface area contributed by atoms with Gasteiger partial charge < -0.3 is 10.1 Å². The van der Waals surface area contributed by atoms with Gasteiger partial charge in [-0.1, -0.05) is 6.07 Å². The molecule has 1 aromatic rings. The van der Waals surface area contributed by atoms with Crippen LogP contribution in [0, 0.1) is 0 Å². The first-order chi connectivity index (χ1) is 11.5. The molecule has 5 heteroatoms. The largest absolute Gasteiger partial charge is 0.459 e. The molecule has 1 aliphatic rings. The number of thioether (sulfide) groups is 1. The predicted octanol–water partition coefficient (Wildman–Crippen LogP) is 3.89. The van der Waals surface area contributed by atoms with E-state index in [0.29, 0.717) is 0 Å². The Bertz CT molecular complexity index is 661. The molecule has 0 fully saturated rings. The van der Waals surface area contributed by atoms with Gasteiger partial charge in [-0.3, -0.25) is 9.59 Å². The number of benzene rings is 1. The molecule has 1 amide bonds. The van der Waals surface area contributed by atoms with Gasteiger partial charge in [0.25, 0.3) is 0 Å². The zero-order valence-electron chi connectivity index (χ0n) is 16.1. The molecule has 0 aromatic heterocycles. The Morgan fingerprint density at radius 3 is 2.44 bits per heavy atom. The number of esters is 1. The molecule has 138 valence electrons. The smallest absolute Gasteiger partial charge is 0.322 e. The van der Waals surface area contributed by atoms with Gasteiger partial charge in [0.05, 0.1) is 0 Å². The van der Waals surface area contributed by atoms with Crippen molar-refractivity contribution in [1.82, 2.24) is 5.32 Å². The van der Waals surface area contributed by atoms with Crippen molar-refractivity contribution in [2.45, 2.75) is 82.1 Å². The van der Waals surface area contributed by atoms with Crippen molar-refractivity contribution in [2.24, 2.45) is 0 Å². The molecule has 1 unspecified atom stereocenters. The van der Waals surface area contributed by atoms with Gasteiger partial charge >= 0.3 is 5.97 Å². The molecule has 25 heavy (non-hydrogen) atoms. The van der Waals surface area contributed by atoms with Gasteiger partial charge in [-0.25, -0.2) is 0 Å². The lowest BCUT2D eigenvalue weighted by molar-refractivity contribution is -0.156. The van der Waals surface area contributed by atoms with Crippen LogP contribution in [0.3, 0.4) is 0 Å². The van der Waals surface area contributed by atoms with E-state index in [1.54, 1.807) is 6.92 Å². The first-order valence-corrected chi connectivity index (χ1v) is 9.59. The average Bonchev–Trinajstić information content (AvgIpc) is 2.44. The number of nitrogens with one attached hydrogen (secondary N) is 1. The van der Waals surface area contributed by atoms with Crippen molar-refractivity contribution in [3.8, 4) is 0 Å². The van der Waals surface area contributed by atoms with Crippen molar-refractivity contribution in [3.05, 3.63) is 29.3 Å². The Hall–Kier alpha value is -1.49. The second-order valence-corrected chi connectivity index (χ2v) is 9.88. The number of rotatable bonds is 4. The first kappa shape index (κ1) is 19.8. The summed E-state index contributed by atoms with van der Waals surface area (Å²) in [7, 11) is 0. The quantitative estimate of drug-likeness (QED) is 0.651. The summed E-state index contributed by atoms with van der Waals surface area (Å²) in [6.07, 6.45) is 2.77. The number of carbonyl (C=O) groups excluding carboxylic acids is 2. The Morgan fingerprint density at radius 1 is 1.16 bits per heavy atom. The molecule has 2 rings (SSSR count). The molecule has 0 heterocycles. The van der Waals surface area contributed by atoms with Gasteiger partial charge in [0, 0.05) is 17.9 Å². The normalized spacial score (nSPS) is 17.6. The lowest BCUT2D eigenvalue weighted by atomic mass is 9.88. The molecule has 0 saturated carbocycles. The van der Waals surface area contributed by atoms with Crippen LogP contribution >= 0.6 is 11.8 Å². The number of fused-ring (bicyclic) bond motifs is 1. The molecule has 0 aliphatic heterocycles. The number of amides is 1. The van der Waals surface area contributed by atoms with E-state index >= 15 is 0 Å². The van der Waals surface area contributed by atoms with Crippen molar-refractivity contribution in [3.63, 3.8) is 0 Å². The fourth-order valence-corrected chi connectivity index (χ4v) is 3.99. The van der Waals surface area contributed by atoms with Gasteiger partial charge in [0.1, 0.15) is 10.3 Å². The first-order valence-electron chi connectivity index (χ1n) is 8.78. The number of aryl methyl sites for hydroxylation is 1. The van der Waals surface area contributed by atoms with E-state index in [4.69, 9.17) is 4.74 Å². The number of carbonyl (C=O) groups is 2. The standard InChI is InChI=1S/C20H29NO3S/c1-13(22)21-16-9-7-15-12-17(10-8-14(15)11-16)25-20(5,6)18(23)24-19(2,3)4/h8,10,12,16H,7,9,11H2,1-6H3,(H,21,22). The van der Waals surface area contributed by atoms with E-state index in [9.17, 15) is 9.59 Å². The van der Waals surface area contributed by atoms with Crippen molar-refractivity contribution >= 4 is 23.6 Å². The third kappa shape index (κ3) is 5.77. The fourth-order valence-electron chi connectivity index (χ4n) is 2.94. The van der Waals surface area contributed by atoms with Crippen LogP contribution in [0.4, 0.5) is 0 Å². The molecule has 0 spiro atoms. The van der Waals surface area contributed by atoms with E-state index in [2.05, 4.69) is 23.5 Å². The Morgan fingerprint density at radius 2 is 1.84 bits per heavy atom. The number of ether oxygens (including phenoxy) is 1. The molecule has 4 nitrogen and oxygen atoms in total. The van der Waals surface area contributed by atoms with Crippen molar-refractivity contribution in [2.75, 3.05) is 0 Å². The zero-order valence-corrected chi connectivity index (χ0v) is 16.9. The van der Waals surface area contributed by atoms with Crippen LogP contribution < -0.4 is 5.32 Å². The highest BCUT2D eigenvalue weighted by atomic mass is 32.2. The van der Waals surface area contributed by atoms with Gasteiger partial charge in [0.15, 0.2) is 0 Å². The van der Waals surface area contributed by atoms with Crippen LogP contribution in [0.5, 0.6) is 0 Å². The maximum Gasteiger partial charge on any atom is 0.322 e. The molecule has 1 aliphatic carbocycles. The van der Waals surface area contributed by atoms with Crippen LogP contribution in [0.2, 0.25) is 0 Å². The van der Waals surface area contributed by atoms with Gasteiger partial charge in [-0.05, 0) is 77.1 Å². The molecule has 0 bridgehead atoms. The van der Waals surface area contributed by atoms with Crippen molar-refractivity contribution in [1.29, 1.82) is 0 Å². The summed E-state index contributed by atoms with van der Waals surface area (Å²) < 4.78 is 4.89. The van der Waals surface area contributed by atoms with Crippen LogP contribution in [-0.2, 0) is 27.2 Å². The highest BCUT2D eigenvalue weighted by molar-refractivity contribution is 8.01. The molecule has 1 atom stereocenters. The average molecular weight is 364 g/mol. The highest BCUT2D eigenvalue weighted by Gasteiger charge is 2.34. The van der Waals surface area contributed by atoms with Gasteiger partial charge in [0.2, 0.25) is 5.91 Å². The zero-order chi connectivity index (χ0) is 18.8. The summed E-state index contributed by atoms with van der Waals surface area (Å²) in [5, 5.41) is 3.01. The molecule has 0 saturated heterocycles. The van der Waals surface area contributed by atoms with Crippen LogP contribution in [0.1, 0.15) is 59.1 Å². The van der Waals surface area contributed by atoms with E-state index < -0.39 is 10.3 Å². The monoisotopic (exact) mass is 363 g/mol. The number of hydrogen-bond acceptors (Lipinski definition) is 4. The molecular formula is C20H29NO3S. The maximum atomic E-state index is 12.4. The molecule has 0 radical (unpaired) electrons. The minimum absolute atomic E-state index is 0.0275. The van der Waals surface area contributed by atoms with Crippen LogP contribution in [0.25, 0.3) is 0 Å². The van der Waals surface area contributed by atoms with Crippen LogP contribution in [-0.4, -0.2) is 28.3 Å². The van der Waals surface area contributed by atoms with E-state index in [1.807, 2.05) is 34.6 Å². The fraction of sp³-hybridized carbons (Fsp3) is 0.600. The Kier molecular flexibility index (Phi) is 5.87. The van der Waals surface area contributed by atoms with Crippen molar-refractivity contribution < 1.29 is 14.3 Å². The minimum Gasteiger partial charge on any atom is -0.459 e. The highest BCUT2D eigenvalue weighted by Crippen LogP contribution is 2.36. The SMILES string of the molecule is CC(=O)NC1CCc2cc(SC(C)(C)C(=O)OC(C)(C)C)ccc2C1. The van der Waals surface area contributed by atoms with E-state index in [-0.39, 0.29) is 17.9 Å². The predicted molar refractivity (Wildman–Crippen MR) is 102 cm³/mol. The lowest BCUT2D eigenvalue weighted by Gasteiger charge is -2.29. The second-order valence-electron chi connectivity index (χ2n) is 8.19. The number of hydrogen-bond donors (Lipinski definition) is 1. The Labute approximate surface area is 155 Å². The second kappa shape index (κ2) is 7.40. The third-order valence-electron chi connectivity index (χ3n) is 4.08. The molecule has 1 N–H and O–H groups in total. The third-order valence-corrected chi connectivity index (χ3v) is 5.24. The summed E-state index contributed by atoms with van der Waals surface area (Å²) >= 11 is 1.53. The summed E-state index contributed by atoms with van der Waals surface area (Å²) in [5.41, 5.74) is 2.11. The lowest BCUT2D eigenvalue weighted by Crippen LogP contribution is -2.37. The summed E-state index contributed by atoms with van der Waals surface area (Å²) in [5.74, 6) is -0.173.